The van der Waals surface area contributed by atoms with E-state index in [1.165, 1.54) is 0 Å². The number of fused-ring (bicyclic) bond motifs is 1. The highest BCUT2D eigenvalue weighted by molar-refractivity contribution is 9.10. The zero-order chi connectivity index (χ0) is 13.4. The predicted molar refractivity (Wildman–Crippen MR) is 73.7 cm³/mol. The van der Waals surface area contributed by atoms with E-state index in [0.29, 0.717) is 19.5 Å². The normalized spacial score (nSPS) is 24.4. The van der Waals surface area contributed by atoms with Gasteiger partial charge in [0.2, 0.25) is 0 Å². The quantitative estimate of drug-likeness (QED) is 0.937. The number of nitrogens with zero attached hydrogens (tertiary/aromatic N) is 3. The maximum absolute atomic E-state index is 13.4. The van der Waals surface area contributed by atoms with Crippen LogP contribution in [-0.4, -0.2) is 44.8 Å². The summed E-state index contributed by atoms with van der Waals surface area (Å²) in [5, 5.41) is 9.30. The number of alkyl halides is 1. The van der Waals surface area contributed by atoms with Crippen molar-refractivity contribution < 1.29 is 9.50 Å². The standard InChI is InChI=1S/C13H15BrFN3O/c14-9-1-2-13-16-4-12(18(13)5-9)7-17-6-10(15)3-11(17)8-19/h1-2,4-5,10-11,19H,3,6-8H2/t10-,11-/m0/s1. The molecule has 2 aromatic rings. The number of aromatic nitrogens is 2. The van der Waals surface area contributed by atoms with E-state index in [9.17, 15) is 9.50 Å². The number of aliphatic hydroxyl groups excluding tert-OH is 1. The number of pyridine rings is 1. The summed E-state index contributed by atoms with van der Waals surface area (Å²) in [5.74, 6) is 0. The number of likely N-dealkylation sites (tertiary alicyclic amines) is 1. The van der Waals surface area contributed by atoms with Gasteiger partial charge in [-0.05, 0) is 34.5 Å². The molecule has 2 atom stereocenters. The van der Waals surface area contributed by atoms with Crippen LogP contribution in [0.5, 0.6) is 0 Å². The fourth-order valence-corrected chi connectivity index (χ4v) is 2.97. The van der Waals surface area contributed by atoms with E-state index in [-0.39, 0.29) is 12.6 Å². The third kappa shape index (κ3) is 2.52. The van der Waals surface area contributed by atoms with Gasteiger partial charge in [-0.15, -0.1) is 0 Å². The molecule has 0 spiro atoms. The zero-order valence-corrected chi connectivity index (χ0v) is 11.9. The molecule has 1 saturated heterocycles. The molecule has 3 rings (SSSR count). The van der Waals surface area contributed by atoms with Crippen LogP contribution in [0.25, 0.3) is 5.65 Å². The van der Waals surface area contributed by atoms with Gasteiger partial charge in [0.25, 0.3) is 0 Å². The van der Waals surface area contributed by atoms with Crippen molar-refractivity contribution in [2.45, 2.75) is 25.2 Å². The van der Waals surface area contributed by atoms with Crippen molar-refractivity contribution in [1.82, 2.24) is 14.3 Å². The molecule has 0 unspecified atom stereocenters. The first kappa shape index (κ1) is 13.0. The Morgan fingerprint density at radius 3 is 3.11 bits per heavy atom. The molecule has 2 aromatic heterocycles. The minimum absolute atomic E-state index is 0.000844. The van der Waals surface area contributed by atoms with Gasteiger partial charge in [0.15, 0.2) is 0 Å². The molecular weight excluding hydrogens is 313 g/mol. The number of hydrogen-bond acceptors (Lipinski definition) is 3. The van der Waals surface area contributed by atoms with Crippen LogP contribution in [0.3, 0.4) is 0 Å². The van der Waals surface area contributed by atoms with E-state index < -0.39 is 6.17 Å². The van der Waals surface area contributed by atoms with Gasteiger partial charge in [-0.3, -0.25) is 4.90 Å². The van der Waals surface area contributed by atoms with Crippen LogP contribution >= 0.6 is 15.9 Å². The maximum Gasteiger partial charge on any atom is 0.136 e. The Morgan fingerprint density at radius 1 is 1.47 bits per heavy atom. The summed E-state index contributed by atoms with van der Waals surface area (Å²) in [5.41, 5.74) is 1.87. The molecule has 19 heavy (non-hydrogen) atoms. The van der Waals surface area contributed by atoms with Crippen LogP contribution < -0.4 is 0 Å². The highest BCUT2D eigenvalue weighted by atomic mass is 79.9. The largest absolute Gasteiger partial charge is 0.395 e. The van der Waals surface area contributed by atoms with Gasteiger partial charge in [0.1, 0.15) is 11.8 Å². The third-order valence-corrected chi connectivity index (χ3v) is 4.07. The Balaban J connectivity index is 1.87. The minimum Gasteiger partial charge on any atom is -0.395 e. The highest BCUT2D eigenvalue weighted by Crippen LogP contribution is 2.23. The number of aliphatic hydroxyl groups is 1. The lowest BCUT2D eigenvalue weighted by Gasteiger charge is -2.21. The van der Waals surface area contributed by atoms with Crippen LogP contribution in [0.1, 0.15) is 12.1 Å². The van der Waals surface area contributed by atoms with Crippen LogP contribution in [-0.2, 0) is 6.54 Å². The van der Waals surface area contributed by atoms with Crippen molar-refractivity contribution in [1.29, 1.82) is 0 Å². The lowest BCUT2D eigenvalue weighted by molar-refractivity contribution is 0.151. The molecule has 4 nitrogen and oxygen atoms in total. The number of rotatable bonds is 3. The Labute approximate surface area is 119 Å². The average Bonchev–Trinajstić information content (AvgIpc) is 2.94. The summed E-state index contributed by atoms with van der Waals surface area (Å²) in [4.78, 5) is 6.31. The molecule has 6 heteroatoms. The minimum atomic E-state index is -0.844. The zero-order valence-electron chi connectivity index (χ0n) is 10.3. The van der Waals surface area contributed by atoms with Crippen LogP contribution in [0, 0.1) is 0 Å². The molecule has 1 N–H and O–H groups in total. The van der Waals surface area contributed by atoms with Gasteiger partial charge >= 0.3 is 0 Å². The molecule has 1 fully saturated rings. The molecule has 3 heterocycles. The molecule has 1 aliphatic rings. The van der Waals surface area contributed by atoms with Gasteiger partial charge < -0.3 is 9.51 Å². The van der Waals surface area contributed by atoms with E-state index in [0.717, 1.165) is 15.8 Å². The first-order chi connectivity index (χ1) is 9.17. The third-order valence-electron chi connectivity index (χ3n) is 3.60. The summed E-state index contributed by atoms with van der Waals surface area (Å²) < 4.78 is 16.4. The molecule has 102 valence electrons. The highest BCUT2D eigenvalue weighted by Gasteiger charge is 2.31. The van der Waals surface area contributed by atoms with Crippen LogP contribution in [0.2, 0.25) is 0 Å². The number of imidazole rings is 1. The van der Waals surface area contributed by atoms with Crippen LogP contribution in [0.15, 0.2) is 29.0 Å². The molecular formula is C13H15BrFN3O. The topological polar surface area (TPSA) is 40.8 Å². The summed E-state index contributed by atoms with van der Waals surface area (Å²) in [6.45, 7) is 0.983. The van der Waals surface area contributed by atoms with Crippen molar-refractivity contribution in [2.24, 2.45) is 0 Å². The fourth-order valence-electron chi connectivity index (χ4n) is 2.64. The van der Waals surface area contributed by atoms with E-state index >= 15 is 0 Å². The average molecular weight is 328 g/mol. The smallest absolute Gasteiger partial charge is 0.136 e. The maximum atomic E-state index is 13.4. The second-order valence-electron chi connectivity index (χ2n) is 4.92. The van der Waals surface area contributed by atoms with Gasteiger partial charge in [-0.2, -0.15) is 0 Å². The lowest BCUT2D eigenvalue weighted by Crippen LogP contribution is -2.32. The second kappa shape index (κ2) is 5.19. The van der Waals surface area contributed by atoms with Gasteiger partial charge in [-0.1, -0.05) is 0 Å². The van der Waals surface area contributed by atoms with Gasteiger partial charge in [0, 0.05) is 29.8 Å². The second-order valence-corrected chi connectivity index (χ2v) is 5.84. The van der Waals surface area contributed by atoms with E-state index in [2.05, 4.69) is 20.9 Å². The van der Waals surface area contributed by atoms with Gasteiger partial charge in [0.05, 0.1) is 18.5 Å². The Bertz CT molecular complexity index is 588. The van der Waals surface area contributed by atoms with E-state index in [4.69, 9.17) is 0 Å². The van der Waals surface area contributed by atoms with Crippen molar-refractivity contribution in [3.63, 3.8) is 0 Å². The molecule has 0 aliphatic carbocycles. The summed E-state index contributed by atoms with van der Waals surface area (Å²) in [7, 11) is 0. The molecule has 0 radical (unpaired) electrons. The van der Waals surface area contributed by atoms with Crippen LogP contribution in [0.4, 0.5) is 4.39 Å². The SMILES string of the molecule is OC[C@@H]1C[C@H](F)CN1Cc1cnc2ccc(Br)cn12. The monoisotopic (exact) mass is 327 g/mol. The lowest BCUT2D eigenvalue weighted by atomic mass is 10.2. The predicted octanol–water partition coefficient (Wildman–Crippen LogP) is 2.00. The molecule has 1 aliphatic heterocycles. The molecule has 0 saturated carbocycles. The summed E-state index contributed by atoms with van der Waals surface area (Å²) in [6.07, 6.45) is 3.33. The molecule has 0 bridgehead atoms. The summed E-state index contributed by atoms with van der Waals surface area (Å²) >= 11 is 3.44. The Hall–Kier alpha value is -0.980. The Kier molecular flexibility index (Phi) is 3.56. The van der Waals surface area contributed by atoms with Crippen molar-refractivity contribution >= 4 is 21.6 Å². The number of hydrogen-bond donors (Lipinski definition) is 1. The molecule has 0 amide bonds. The molecule has 0 aromatic carbocycles. The van der Waals surface area contributed by atoms with Gasteiger partial charge in [-0.25, -0.2) is 9.37 Å². The Morgan fingerprint density at radius 2 is 2.32 bits per heavy atom. The van der Waals surface area contributed by atoms with E-state index in [1.54, 1.807) is 0 Å². The fraction of sp³-hybridized carbons (Fsp3) is 0.462. The first-order valence-electron chi connectivity index (χ1n) is 6.28. The van der Waals surface area contributed by atoms with E-state index in [1.807, 2.05) is 33.8 Å². The number of halogens is 2. The summed E-state index contributed by atoms with van der Waals surface area (Å²) in [6, 6.07) is 3.78. The van der Waals surface area contributed by atoms with Crippen molar-refractivity contribution in [2.75, 3.05) is 13.2 Å². The van der Waals surface area contributed by atoms with Crippen molar-refractivity contribution in [3.05, 3.63) is 34.7 Å². The van der Waals surface area contributed by atoms with Crippen molar-refractivity contribution in [3.8, 4) is 0 Å². The first-order valence-corrected chi connectivity index (χ1v) is 7.07.